The molecule has 0 fully saturated rings. The molecule has 3 aromatic carbocycles. The number of hydrogen-bond acceptors (Lipinski definition) is 4. The number of nitrogens with zero attached hydrogens (tertiary/aromatic N) is 1. The van der Waals surface area contributed by atoms with E-state index in [1.165, 1.54) is 0 Å². The Labute approximate surface area is 188 Å². The van der Waals surface area contributed by atoms with Crippen molar-refractivity contribution in [1.82, 2.24) is 4.98 Å². The maximum atomic E-state index is 12.6. The molecule has 0 radical (unpaired) electrons. The highest BCUT2D eigenvalue weighted by Crippen LogP contribution is 2.28. The number of rotatable bonds is 4. The number of amides is 1. The summed E-state index contributed by atoms with van der Waals surface area (Å²) in [7, 11) is 1.63. The molecule has 0 spiro atoms. The molecule has 0 saturated carbocycles. The van der Waals surface area contributed by atoms with E-state index in [2.05, 4.69) is 55.5 Å². The van der Waals surface area contributed by atoms with Gasteiger partial charge >= 0.3 is 0 Å². The number of methoxy groups -OCH3 is 1. The molecule has 5 nitrogen and oxygen atoms in total. The first kappa shape index (κ1) is 19.2. The third kappa shape index (κ3) is 4.00. The average Bonchev–Trinajstić information content (AvgIpc) is 3.13. The third-order valence-corrected chi connectivity index (χ3v) is 5.77. The third-order valence-electron chi connectivity index (χ3n) is 4.16. The smallest absolute Gasteiger partial charge is 0.256 e. The van der Waals surface area contributed by atoms with Crippen LogP contribution >= 0.6 is 45.2 Å². The van der Waals surface area contributed by atoms with Gasteiger partial charge < -0.3 is 14.5 Å². The van der Waals surface area contributed by atoms with Gasteiger partial charge in [-0.1, -0.05) is 0 Å². The fraction of sp³-hybridized carbons (Fsp3) is 0.0476. The van der Waals surface area contributed by atoms with Crippen LogP contribution in [-0.4, -0.2) is 18.0 Å². The number of benzene rings is 3. The van der Waals surface area contributed by atoms with E-state index in [0.29, 0.717) is 28.2 Å². The Hall–Kier alpha value is -2.14. The summed E-state index contributed by atoms with van der Waals surface area (Å²) in [6.07, 6.45) is 0. The van der Waals surface area contributed by atoms with Crippen LogP contribution in [0.15, 0.2) is 65.1 Å². The summed E-state index contributed by atoms with van der Waals surface area (Å²) in [5.41, 5.74) is 3.51. The van der Waals surface area contributed by atoms with Crippen molar-refractivity contribution >= 4 is 67.9 Å². The molecule has 0 saturated heterocycles. The van der Waals surface area contributed by atoms with Crippen LogP contribution < -0.4 is 10.1 Å². The number of halogens is 2. The second-order valence-corrected chi connectivity index (χ2v) is 8.42. The standard InChI is InChI=1S/C21H14I2N2O3/c1-27-15-6-2-12(3-7-15)21-25-18-11-14(5-9-19(18)28-21)24-20(26)16-10-13(22)4-8-17(16)23/h2-11H,1H3,(H,24,26). The fourth-order valence-electron chi connectivity index (χ4n) is 2.73. The Morgan fingerprint density at radius 2 is 1.82 bits per heavy atom. The number of aromatic nitrogens is 1. The highest BCUT2D eigenvalue weighted by molar-refractivity contribution is 14.1. The molecule has 0 unspecified atom stereocenters. The minimum atomic E-state index is -0.152. The number of hydrogen-bond donors (Lipinski definition) is 1. The number of carbonyl (C=O) groups is 1. The zero-order valence-electron chi connectivity index (χ0n) is 14.7. The van der Waals surface area contributed by atoms with Crippen molar-refractivity contribution in [2.75, 3.05) is 12.4 Å². The van der Waals surface area contributed by atoms with Gasteiger partial charge in [0, 0.05) is 18.4 Å². The van der Waals surface area contributed by atoms with Gasteiger partial charge in [0.1, 0.15) is 11.3 Å². The van der Waals surface area contributed by atoms with Crippen molar-refractivity contribution in [3.8, 4) is 17.2 Å². The molecule has 1 amide bonds. The number of oxazole rings is 1. The molecule has 1 N–H and O–H groups in total. The van der Waals surface area contributed by atoms with Gasteiger partial charge in [0.15, 0.2) is 5.58 Å². The summed E-state index contributed by atoms with van der Waals surface area (Å²) < 4.78 is 12.9. The highest BCUT2D eigenvalue weighted by atomic mass is 127. The van der Waals surface area contributed by atoms with Crippen LogP contribution in [0.2, 0.25) is 0 Å². The van der Waals surface area contributed by atoms with E-state index in [0.717, 1.165) is 18.5 Å². The number of anilines is 1. The molecule has 1 heterocycles. The summed E-state index contributed by atoms with van der Waals surface area (Å²) in [6, 6.07) is 18.7. The first-order valence-corrected chi connectivity index (χ1v) is 10.5. The molecule has 7 heteroatoms. The molecule has 0 aliphatic carbocycles. The van der Waals surface area contributed by atoms with E-state index in [4.69, 9.17) is 9.15 Å². The van der Waals surface area contributed by atoms with Crippen molar-refractivity contribution in [1.29, 1.82) is 0 Å². The lowest BCUT2D eigenvalue weighted by Gasteiger charge is -2.07. The van der Waals surface area contributed by atoms with E-state index in [1.54, 1.807) is 7.11 Å². The van der Waals surface area contributed by atoms with E-state index >= 15 is 0 Å². The van der Waals surface area contributed by atoms with Gasteiger partial charge in [-0.05, 0) is 106 Å². The van der Waals surface area contributed by atoms with Gasteiger partial charge in [-0.25, -0.2) is 4.98 Å². The van der Waals surface area contributed by atoms with E-state index in [9.17, 15) is 4.79 Å². The van der Waals surface area contributed by atoms with E-state index < -0.39 is 0 Å². The second-order valence-electron chi connectivity index (χ2n) is 6.01. The lowest BCUT2D eigenvalue weighted by Crippen LogP contribution is -2.13. The van der Waals surface area contributed by atoms with Crippen LogP contribution in [0.5, 0.6) is 5.75 Å². The minimum absolute atomic E-state index is 0.152. The molecule has 4 aromatic rings. The van der Waals surface area contributed by atoms with Crippen LogP contribution in [0.4, 0.5) is 5.69 Å². The summed E-state index contributed by atoms with van der Waals surface area (Å²) in [5.74, 6) is 1.14. The Bertz CT molecular complexity index is 1170. The first-order chi connectivity index (χ1) is 13.5. The zero-order chi connectivity index (χ0) is 19.7. The molecular formula is C21H14I2N2O3. The molecule has 0 aliphatic rings. The molecule has 0 aliphatic heterocycles. The molecule has 140 valence electrons. The van der Waals surface area contributed by atoms with Crippen molar-refractivity contribution in [3.05, 3.63) is 73.4 Å². The summed E-state index contributed by atoms with van der Waals surface area (Å²) >= 11 is 4.36. The molecule has 4 rings (SSSR count). The SMILES string of the molecule is COc1ccc(-c2nc3cc(NC(=O)c4cc(I)ccc4I)ccc3o2)cc1. The Balaban J connectivity index is 1.60. The van der Waals surface area contributed by atoms with Gasteiger partial charge in [-0.3, -0.25) is 4.79 Å². The summed E-state index contributed by atoms with van der Waals surface area (Å²) in [5, 5.41) is 2.94. The molecular weight excluding hydrogens is 582 g/mol. The Morgan fingerprint density at radius 1 is 1.04 bits per heavy atom. The van der Waals surface area contributed by atoms with Crippen molar-refractivity contribution < 1.29 is 13.9 Å². The Kier molecular flexibility index (Phi) is 5.54. The minimum Gasteiger partial charge on any atom is -0.497 e. The number of fused-ring (bicyclic) bond motifs is 1. The maximum Gasteiger partial charge on any atom is 0.256 e. The molecule has 0 bridgehead atoms. The lowest BCUT2D eigenvalue weighted by atomic mass is 10.2. The van der Waals surface area contributed by atoms with E-state index in [1.807, 2.05) is 60.7 Å². The van der Waals surface area contributed by atoms with Crippen molar-refractivity contribution in [2.45, 2.75) is 0 Å². The Morgan fingerprint density at radius 3 is 2.57 bits per heavy atom. The average molecular weight is 596 g/mol. The lowest BCUT2D eigenvalue weighted by molar-refractivity contribution is 0.102. The fourth-order valence-corrected chi connectivity index (χ4v) is 3.80. The van der Waals surface area contributed by atoms with Crippen LogP contribution in [-0.2, 0) is 0 Å². The number of carbonyl (C=O) groups excluding carboxylic acids is 1. The maximum absolute atomic E-state index is 12.6. The predicted molar refractivity (Wildman–Crippen MR) is 126 cm³/mol. The largest absolute Gasteiger partial charge is 0.497 e. The monoisotopic (exact) mass is 596 g/mol. The predicted octanol–water partition coefficient (Wildman–Crippen LogP) is 5.96. The second kappa shape index (κ2) is 8.08. The highest BCUT2D eigenvalue weighted by Gasteiger charge is 2.13. The number of ether oxygens (including phenoxy) is 1. The number of nitrogens with one attached hydrogen (secondary N) is 1. The van der Waals surface area contributed by atoms with Gasteiger partial charge in [0.25, 0.3) is 5.91 Å². The summed E-state index contributed by atoms with van der Waals surface area (Å²) in [6.45, 7) is 0. The van der Waals surface area contributed by atoms with Crippen LogP contribution in [0.25, 0.3) is 22.6 Å². The van der Waals surface area contributed by atoms with Crippen LogP contribution in [0.3, 0.4) is 0 Å². The van der Waals surface area contributed by atoms with Gasteiger partial charge in [-0.2, -0.15) is 0 Å². The zero-order valence-corrected chi connectivity index (χ0v) is 19.0. The van der Waals surface area contributed by atoms with Gasteiger partial charge in [-0.15, -0.1) is 0 Å². The molecule has 28 heavy (non-hydrogen) atoms. The van der Waals surface area contributed by atoms with Crippen molar-refractivity contribution in [3.63, 3.8) is 0 Å². The van der Waals surface area contributed by atoms with Gasteiger partial charge in [0.05, 0.1) is 12.7 Å². The first-order valence-electron chi connectivity index (χ1n) is 8.35. The van der Waals surface area contributed by atoms with Gasteiger partial charge in [0.2, 0.25) is 5.89 Å². The molecule has 0 atom stereocenters. The summed E-state index contributed by atoms with van der Waals surface area (Å²) in [4.78, 5) is 17.2. The topological polar surface area (TPSA) is 64.4 Å². The molecule has 1 aromatic heterocycles. The van der Waals surface area contributed by atoms with E-state index in [-0.39, 0.29) is 5.91 Å². The normalized spacial score (nSPS) is 10.8. The van der Waals surface area contributed by atoms with Crippen molar-refractivity contribution in [2.24, 2.45) is 0 Å². The van der Waals surface area contributed by atoms with Crippen LogP contribution in [0, 0.1) is 7.14 Å². The van der Waals surface area contributed by atoms with Crippen LogP contribution in [0.1, 0.15) is 10.4 Å². The quantitative estimate of drug-likeness (QED) is 0.296.